The maximum atomic E-state index is 12.5. The maximum absolute atomic E-state index is 12.5. The zero-order chi connectivity index (χ0) is 15.7. The summed E-state index contributed by atoms with van der Waals surface area (Å²) in [6.45, 7) is 6.15. The van der Waals surface area contributed by atoms with E-state index in [0.29, 0.717) is 6.54 Å². The second-order valence-electron chi connectivity index (χ2n) is 6.48. The summed E-state index contributed by atoms with van der Waals surface area (Å²) in [4.78, 5) is 12.5. The Kier molecular flexibility index (Phi) is 3.57. The van der Waals surface area contributed by atoms with Crippen molar-refractivity contribution in [3.63, 3.8) is 0 Å². The van der Waals surface area contributed by atoms with Gasteiger partial charge in [-0.05, 0) is 38.0 Å². The highest BCUT2D eigenvalue weighted by atomic mass is 16.6. The van der Waals surface area contributed by atoms with Crippen LogP contribution in [0.15, 0.2) is 48.5 Å². The van der Waals surface area contributed by atoms with Crippen molar-refractivity contribution in [2.75, 3.05) is 0 Å². The van der Waals surface area contributed by atoms with E-state index in [1.807, 2.05) is 57.3 Å². The van der Waals surface area contributed by atoms with Crippen LogP contribution >= 0.6 is 0 Å². The summed E-state index contributed by atoms with van der Waals surface area (Å²) in [6.07, 6.45) is 1.56. The molecule has 0 saturated heterocycles. The van der Waals surface area contributed by atoms with E-state index in [4.69, 9.17) is 4.74 Å². The third-order valence-corrected chi connectivity index (χ3v) is 3.53. The van der Waals surface area contributed by atoms with Gasteiger partial charge in [-0.2, -0.15) is 4.79 Å². The predicted molar refractivity (Wildman–Crippen MR) is 87.2 cm³/mol. The van der Waals surface area contributed by atoms with Crippen LogP contribution in [0, 0.1) is 0 Å². The molecule has 0 atom stereocenters. The molecule has 0 aromatic heterocycles. The van der Waals surface area contributed by atoms with Gasteiger partial charge in [-0.1, -0.05) is 42.5 Å². The Morgan fingerprint density at radius 1 is 1.00 bits per heavy atom. The van der Waals surface area contributed by atoms with Crippen LogP contribution in [0.25, 0.3) is 11.1 Å². The molecule has 1 amide bonds. The number of benzene rings is 2. The molecule has 0 aliphatic carbocycles. The molecule has 0 N–H and O–H groups in total. The maximum Gasteiger partial charge on any atom is 0.597 e. The first-order chi connectivity index (χ1) is 10.4. The first-order valence-corrected chi connectivity index (χ1v) is 7.46. The van der Waals surface area contributed by atoms with Crippen LogP contribution in [0.1, 0.15) is 31.9 Å². The Bertz CT molecular complexity index is 754. The van der Waals surface area contributed by atoms with Gasteiger partial charge in [0.2, 0.25) is 0 Å². The average molecular weight is 294 g/mol. The fourth-order valence-corrected chi connectivity index (χ4v) is 2.61. The quantitative estimate of drug-likeness (QED) is 0.680. The fourth-order valence-electron chi connectivity index (χ4n) is 2.61. The van der Waals surface area contributed by atoms with Crippen LogP contribution in [0.3, 0.4) is 0 Å². The third-order valence-electron chi connectivity index (χ3n) is 3.53. The Balaban J connectivity index is 2.09. The van der Waals surface area contributed by atoms with Crippen molar-refractivity contribution >= 4 is 12.3 Å². The van der Waals surface area contributed by atoms with E-state index in [9.17, 15) is 4.79 Å². The third kappa shape index (κ3) is 2.93. The number of hydrogen-bond donors (Lipinski definition) is 0. The molecule has 3 heteroatoms. The lowest BCUT2D eigenvalue weighted by Crippen LogP contribution is -2.31. The summed E-state index contributed by atoms with van der Waals surface area (Å²) in [6, 6.07) is 16.3. The average Bonchev–Trinajstić information content (AvgIpc) is 2.62. The van der Waals surface area contributed by atoms with E-state index in [1.54, 1.807) is 4.58 Å². The molecule has 112 valence electrons. The normalized spacial score (nSPS) is 13.5. The SMILES string of the molecule is CC(C)(C)OC(=O)[N+]1=Cc2ccccc2-c2ccccc2C1. The van der Waals surface area contributed by atoms with Crippen molar-refractivity contribution in [3.05, 3.63) is 59.7 Å². The minimum absolute atomic E-state index is 0.320. The van der Waals surface area contributed by atoms with Crippen LogP contribution < -0.4 is 0 Å². The minimum atomic E-state index is -0.504. The van der Waals surface area contributed by atoms with Crippen LogP contribution in [-0.4, -0.2) is 22.5 Å². The molecule has 3 nitrogen and oxygen atoms in total. The van der Waals surface area contributed by atoms with E-state index >= 15 is 0 Å². The van der Waals surface area contributed by atoms with Gasteiger partial charge >= 0.3 is 6.09 Å². The van der Waals surface area contributed by atoms with E-state index < -0.39 is 5.60 Å². The van der Waals surface area contributed by atoms with Crippen LogP contribution in [0.2, 0.25) is 0 Å². The van der Waals surface area contributed by atoms with Gasteiger partial charge in [0.1, 0.15) is 5.60 Å². The molecule has 2 aromatic carbocycles. The molecule has 1 aliphatic rings. The summed E-state index contributed by atoms with van der Waals surface area (Å²) in [7, 11) is 0. The standard InChI is InChI=1S/C19H20NO2/c1-19(2,3)22-18(21)20-12-14-8-4-6-10-16(14)17-11-7-5-9-15(17)13-20/h4-12H,13H2,1-3H3/q+1. The van der Waals surface area contributed by atoms with Crippen molar-refractivity contribution in [1.29, 1.82) is 0 Å². The lowest BCUT2D eigenvalue weighted by molar-refractivity contribution is -0.461. The molecule has 0 fully saturated rings. The lowest BCUT2D eigenvalue weighted by Gasteiger charge is -2.16. The van der Waals surface area contributed by atoms with Crippen molar-refractivity contribution in [2.24, 2.45) is 0 Å². The number of amides is 1. The predicted octanol–water partition coefficient (Wildman–Crippen LogP) is 4.23. The number of hydrogen-bond acceptors (Lipinski definition) is 2. The Morgan fingerprint density at radius 2 is 1.64 bits per heavy atom. The van der Waals surface area contributed by atoms with Gasteiger partial charge < -0.3 is 4.74 Å². The van der Waals surface area contributed by atoms with Crippen molar-refractivity contribution in [3.8, 4) is 11.1 Å². The monoisotopic (exact) mass is 294 g/mol. The largest absolute Gasteiger partial charge is 0.597 e. The van der Waals surface area contributed by atoms with E-state index in [-0.39, 0.29) is 6.09 Å². The fraction of sp³-hybridized carbons (Fsp3) is 0.263. The van der Waals surface area contributed by atoms with Crippen LogP contribution in [0.4, 0.5) is 4.79 Å². The zero-order valence-corrected chi connectivity index (χ0v) is 13.2. The topological polar surface area (TPSA) is 29.3 Å². The van der Waals surface area contributed by atoms with Crippen LogP contribution in [-0.2, 0) is 11.3 Å². The Morgan fingerprint density at radius 3 is 2.36 bits per heavy atom. The van der Waals surface area contributed by atoms with Gasteiger partial charge in [0.15, 0.2) is 12.8 Å². The second-order valence-corrected chi connectivity index (χ2v) is 6.48. The smallest absolute Gasteiger partial charge is 0.406 e. The van der Waals surface area contributed by atoms with Gasteiger partial charge in [0.05, 0.1) is 0 Å². The van der Waals surface area contributed by atoms with E-state index in [0.717, 1.165) is 16.7 Å². The Hall–Kier alpha value is -2.42. The first-order valence-electron chi connectivity index (χ1n) is 7.46. The molecular formula is C19H20NO2+. The van der Waals surface area contributed by atoms with Gasteiger partial charge in [-0.15, -0.1) is 4.58 Å². The molecule has 2 aromatic rings. The minimum Gasteiger partial charge on any atom is -0.406 e. The first kappa shape index (κ1) is 14.5. The summed E-state index contributed by atoms with van der Waals surface area (Å²) < 4.78 is 7.17. The molecule has 0 unspecified atom stereocenters. The molecule has 0 saturated carbocycles. The van der Waals surface area contributed by atoms with Gasteiger partial charge in [0.25, 0.3) is 0 Å². The molecule has 0 bridgehead atoms. The molecule has 1 aliphatic heterocycles. The second kappa shape index (κ2) is 5.41. The van der Waals surface area contributed by atoms with Crippen molar-refractivity contribution < 1.29 is 14.1 Å². The molecule has 0 radical (unpaired) electrons. The summed E-state index contributed by atoms with van der Waals surface area (Å²) in [5.41, 5.74) is 3.95. The van der Waals surface area contributed by atoms with Gasteiger partial charge in [-0.3, -0.25) is 0 Å². The van der Waals surface area contributed by atoms with E-state index in [1.165, 1.54) is 5.56 Å². The molecule has 1 heterocycles. The lowest BCUT2D eigenvalue weighted by atomic mass is 9.97. The van der Waals surface area contributed by atoms with Crippen LogP contribution in [0.5, 0.6) is 0 Å². The van der Waals surface area contributed by atoms with Crippen molar-refractivity contribution in [2.45, 2.75) is 32.9 Å². The summed E-state index contributed by atoms with van der Waals surface area (Å²) >= 11 is 0. The number of fused-ring (bicyclic) bond motifs is 3. The number of carbonyl (C=O) groups excluding carboxylic acids is 1. The molecule has 3 rings (SSSR count). The summed E-state index contributed by atoms with van der Waals surface area (Å²) in [5, 5.41) is 0. The highest BCUT2D eigenvalue weighted by Crippen LogP contribution is 2.29. The number of carbonyl (C=O) groups is 1. The highest BCUT2D eigenvalue weighted by molar-refractivity contribution is 5.91. The molecule has 0 spiro atoms. The van der Waals surface area contributed by atoms with Gasteiger partial charge in [0, 0.05) is 11.1 Å². The summed E-state index contributed by atoms with van der Waals surface area (Å²) in [5.74, 6) is 0. The number of ether oxygens (including phenoxy) is 1. The number of rotatable bonds is 0. The zero-order valence-electron chi connectivity index (χ0n) is 13.2. The Labute approximate surface area is 130 Å². The van der Waals surface area contributed by atoms with E-state index in [2.05, 4.69) is 18.2 Å². The highest BCUT2D eigenvalue weighted by Gasteiger charge is 2.29. The molecule has 22 heavy (non-hydrogen) atoms. The van der Waals surface area contributed by atoms with Gasteiger partial charge in [-0.25, -0.2) is 0 Å². The number of nitrogens with zero attached hydrogens (tertiary/aromatic N) is 1. The molecular weight excluding hydrogens is 274 g/mol. The van der Waals surface area contributed by atoms with Crippen molar-refractivity contribution in [1.82, 2.24) is 0 Å².